The molecule has 1 aliphatic carbocycles. The standard InChI is InChI=1S/C27H50O4/c1-19(2)11-8-13-21(5)17-26(24(28)29)16-10-15-23(7)27(26,25(30)31)18-22(6)14-9-12-20(3)4/h19-23H,8-18H2,1-7H3,(H,28,29)(H,30,31). The van der Waals surface area contributed by atoms with Crippen LogP contribution in [0.4, 0.5) is 0 Å². The molecule has 1 aliphatic rings. The molecule has 4 nitrogen and oxygen atoms in total. The predicted molar refractivity (Wildman–Crippen MR) is 128 cm³/mol. The van der Waals surface area contributed by atoms with Crippen molar-refractivity contribution in [3.63, 3.8) is 0 Å². The molecular formula is C27H50O4. The van der Waals surface area contributed by atoms with Gasteiger partial charge in [0.15, 0.2) is 0 Å². The minimum atomic E-state index is -1.18. The molecule has 31 heavy (non-hydrogen) atoms. The molecule has 182 valence electrons. The van der Waals surface area contributed by atoms with Crippen molar-refractivity contribution in [3.8, 4) is 0 Å². The second kappa shape index (κ2) is 12.3. The maximum Gasteiger partial charge on any atom is 0.311 e. The zero-order chi connectivity index (χ0) is 23.8. The van der Waals surface area contributed by atoms with E-state index in [9.17, 15) is 19.8 Å². The van der Waals surface area contributed by atoms with Gasteiger partial charge < -0.3 is 10.2 Å². The maximum absolute atomic E-state index is 12.9. The smallest absolute Gasteiger partial charge is 0.311 e. The van der Waals surface area contributed by atoms with Gasteiger partial charge in [0.1, 0.15) is 0 Å². The average molecular weight is 439 g/mol. The van der Waals surface area contributed by atoms with E-state index in [1.54, 1.807) is 0 Å². The summed E-state index contributed by atoms with van der Waals surface area (Å²) in [6.45, 7) is 15.1. The Bertz CT molecular complexity index is 570. The van der Waals surface area contributed by atoms with Crippen LogP contribution in [-0.2, 0) is 9.59 Å². The highest BCUT2D eigenvalue weighted by molar-refractivity contribution is 5.87. The zero-order valence-electron chi connectivity index (χ0n) is 21.4. The maximum atomic E-state index is 12.9. The Balaban J connectivity index is 3.20. The van der Waals surface area contributed by atoms with Crippen molar-refractivity contribution >= 4 is 11.9 Å². The van der Waals surface area contributed by atoms with Gasteiger partial charge in [-0.3, -0.25) is 9.59 Å². The number of aliphatic carboxylic acids is 2. The summed E-state index contributed by atoms with van der Waals surface area (Å²) < 4.78 is 0. The first-order valence-electron chi connectivity index (χ1n) is 12.9. The van der Waals surface area contributed by atoms with Crippen LogP contribution in [0.15, 0.2) is 0 Å². The highest BCUT2D eigenvalue weighted by atomic mass is 16.4. The highest BCUT2D eigenvalue weighted by Gasteiger charge is 2.65. The fourth-order valence-electron chi connectivity index (χ4n) is 6.32. The molecule has 5 atom stereocenters. The van der Waals surface area contributed by atoms with Crippen molar-refractivity contribution in [2.24, 2.45) is 40.4 Å². The molecule has 1 rings (SSSR count). The normalized spacial score (nSPS) is 28.6. The number of hydrogen-bond acceptors (Lipinski definition) is 2. The lowest BCUT2D eigenvalue weighted by Crippen LogP contribution is -2.59. The summed E-state index contributed by atoms with van der Waals surface area (Å²) in [4.78, 5) is 25.8. The van der Waals surface area contributed by atoms with Gasteiger partial charge >= 0.3 is 11.9 Å². The monoisotopic (exact) mass is 438 g/mol. The van der Waals surface area contributed by atoms with E-state index in [1.165, 1.54) is 0 Å². The molecular weight excluding hydrogens is 388 g/mol. The topological polar surface area (TPSA) is 74.6 Å². The largest absolute Gasteiger partial charge is 0.481 e. The fraction of sp³-hybridized carbons (Fsp3) is 0.926. The quantitative estimate of drug-likeness (QED) is 0.292. The van der Waals surface area contributed by atoms with Crippen LogP contribution in [0.25, 0.3) is 0 Å². The molecule has 0 heterocycles. The van der Waals surface area contributed by atoms with Crippen molar-refractivity contribution in [3.05, 3.63) is 0 Å². The molecule has 0 radical (unpaired) electrons. The minimum absolute atomic E-state index is 0.120. The molecule has 0 aromatic carbocycles. The predicted octanol–water partition coefficient (Wildman–Crippen LogP) is 7.65. The summed E-state index contributed by atoms with van der Waals surface area (Å²) in [5, 5.41) is 21.2. The van der Waals surface area contributed by atoms with Crippen molar-refractivity contribution < 1.29 is 19.8 Å². The summed E-state index contributed by atoms with van der Waals surface area (Å²) in [5.74, 6) is -0.177. The Morgan fingerprint density at radius 2 is 1.29 bits per heavy atom. The van der Waals surface area contributed by atoms with Crippen LogP contribution in [0.3, 0.4) is 0 Å². The van der Waals surface area contributed by atoms with Crippen molar-refractivity contribution in [2.75, 3.05) is 0 Å². The van der Waals surface area contributed by atoms with E-state index in [4.69, 9.17) is 0 Å². The Labute approximate surface area is 191 Å². The molecule has 0 amide bonds. The lowest BCUT2D eigenvalue weighted by atomic mass is 9.47. The van der Waals surface area contributed by atoms with Gasteiger partial charge in [0, 0.05) is 0 Å². The summed E-state index contributed by atoms with van der Waals surface area (Å²) in [6.07, 6.45) is 9.44. The van der Waals surface area contributed by atoms with E-state index in [0.29, 0.717) is 31.1 Å². The summed E-state index contributed by atoms with van der Waals surface area (Å²) in [5.41, 5.74) is -2.35. The number of carboxylic acids is 2. The molecule has 4 heteroatoms. The molecule has 0 aliphatic heterocycles. The summed E-state index contributed by atoms with van der Waals surface area (Å²) >= 11 is 0. The van der Waals surface area contributed by atoms with Gasteiger partial charge in [-0.15, -0.1) is 0 Å². The number of rotatable bonds is 14. The second-order valence-corrected chi connectivity index (χ2v) is 11.7. The Morgan fingerprint density at radius 3 is 1.71 bits per heavy atom. The Hall–Kier alpha value is -1.06. The third kappa shape index (κ3) is 6.96. The molecule has 0 spiro atoms. The lowest BCUT2D eigenvalue weighted by Gasteiger charge is -2.54. The SMILES string of the molecule is CC(C)CCCC(C)CC1(C(=O)O)CCCC(C)C1(CC(C)CCCC(C)C)C(=O)O. The van der Waals surface area contributed by atoms with Crippen LogP contribution in [0.1, 0.15) is 119 Å². The van der Waals surface area contributed by atoms with Crippen LogP contribution >= 0.6 is 0 Å². The Morgan fingerprint density at radius 1 is 0.806 bits per heavy atom. The van der Waals surface area contributed by atoms with Crippen LogP contribution in [0, 0.1) is 40.4 Å². The number of carboxylic acid groups (broad SMARTS) is 2. The summed E-state index contributed by atoms with van der Waals surface area (Å²) in [6, 6.07) is 0. The first-order valence-corrected chi connectivity index (χ1v) is 12.9. The third-order valence-corrected chi connectivity index (χ3v) is 8.05. The average Bonchev–Trinajstić information content (AvgIpc) is 2.63. The van der Waals surface area contributed by atoms with Gasteiger partial charge in [-0.2, -0.15) is 0 Å². The molecule has 1 fully saturated rings. The van der Waals surface area contributed by atoms with Gasteiger partial charge in [0.05, 0.1) is 10.8 Å². The third-order valence-electron chi connectivity index (χ3n) is 8.05. The molecule has 1 saturated carbocycles. The van der Waals surface area contributed by atoms with Crippen molar-refractivity contribution in [1.29, 1.82) is 0 Å². The van der Waals surface area contributed by atoms with E-state index in [2.05, 4.69) is 41.5 Å². The summed E-state index contributed by atoms with van der Waals surface area (Å²) in [7, 11) is 0. The van der Waals surface area contributed by atoms with Crippen LogP contribution in [0.2, 0.25) is 0 Å². The first kappa shape index (κ1) is 28.0. The van der Waals surface area contributed by atoms with E-state index in [1.807, 2.05) is 6.92 Å². The molecule has 0 saturated heterocycles. The van der Waals surface area contributed by atoms with Crippen LogP contribution in [-0.4, -0.2) is 22.2 Å². The first-order chi connectivity index (χ1) is 14.4. The number of carbonyl (C=O) groups is 2. The van der Waals surface area contributed by atoms with Crippen LogP contribution in [0.5, 0.6) is 0 Å². The number of hydrogen-bond donors (Lipinski definition) is 2. The van der Waals surface area contributed by atoms with Gasteiger partial charge in [0.25, 0.3) is 0 Å². The van der Waals surface area contributed by atoms with Gasteiger partial charge in [0.2, 0.25) is 0 Å². The minimum Gasteiger partial charge on any atom is -0.481 e. The van der Waals surface area contributed by atoms with E-state index < -0.39 is 22.8 Å². The molecule has 2 N–H and O–H groups in total. The van der Waals surface area contributed by atoms with E-state index in [0.717, 1.165) is 51.4 Å². The van der Waals surface area contributed by atoms with Crippen molar-refractivity contribution in [1.82, 2.24) is 0 Å². The molecule has 0 aromatic rings. The molecule has 0 bridgehead atoms. The van der Waals surface area contributed by atoms with Crippen LogP contribution < -0.4 is 0 Å². The van der Waals surface area contributed by atoms with Crippen molar-refractivity contribution in [2.45, 2.75) is 119 Å². The van der Waals surface area contributed by atoms with E-state index >= 15 is 0 Å². The van der Waals surface area contributed by atoms with E-state index in [-0.39, 0.29) is 17.8 Å². The van der Waals surface area contributed by atoms with Gasteiger partial charge in [-0.05, 0) is 55.3 Å². The van der Waals surface area contributed by atoms with Gasteiger partial charge in [-0.25, -0.2) is 0 Å². The zero-order valence-corrected chi connectivity index (χ0v) is 21.4. The Kier molecular flexibility index (Phi) is 11.1. The highest BCUT2D eigenvalue weighted by Crippen LogP contribution is 2.60. The molecule has 5 unspecified atom stereocenters. The fourth-order valence-corrected chi connectivity index (χ4v) is 6.32. The molecule has 0 aromatic heterocycles. The lowest BCUT2D eigenvalue weighted by molar-refractivity contribution is -0.192. The second-order valence-electron chi connectivity index (χ2n) is 11.7. The van der Waals surface area contributed by atoms with Gasteiger partial charge in [-0.1, -0.05) is 93.4 Å².